The topological polar surface area (TPSA) is 49.3 Å². The highest BCUT2D eigenvalue weighted by atomic mass is 32.1. The maximum Gasteiger partial charge on any atom is 0.253 e. The third-order valence-corrected chi connectivity index (χ3v) is 8.17. The molecule has 1 atom stereocenters. The Labute approximate surface area is 192 Å². The minimum Gasteiger partial charge on any atom is -0.352 e. The normalized spacial score (nSPS) is 19.3. The summed E-state index contributed by atoms with van der Waals surface area (Å²) in [4.78, 5) is 28.8. The summed E-state index contributed by atoms with van der Waals surface area (Å²) in [7, 11) is 0. The molecule has 1 aliphatic carbocycles. The van der Waals surface area contributed by atoms with E-state index in [-0.39, 0.29) is 11.7 Å². The van der Waals surface area contributed by atoms with E-state index in [1.165, 1.54) is 34.4 Å². The zero-order valence-electron chi connectivity index (χ0n) is 18.9. The molecule has 1 aliphatic heterocycles. The number of anilines is 1. The fourth-order valence-corrected chi connectivity index (χ4v) is 6.23. The molecule has 5 nitrogen and oxygen atoms in total. The SMILES string of the molecule is CC(C)(C)C1CCc2c(sc3ncnc(N4CCN(C(=O)c5ccc(F)cc5)CC4)c23)C1. The predicted molar refractivity (Wildman–Crippen MR) is 127 cm³/mol. The van der Waals surface area contributed by atoms with Crippen molar-refractivity contribution >= 4 is 33.3 Å². The lowest BCUT2D eigenvalue weighted by atomic mass is 9.72. The summed E-state index contributed by atoms with van der Waals surface area (Å²) in [6, 6.07) is 5.79. The van der Waals surface area contributed by atoms with Crippen LogP contribution in [0.1, 0.15) is 48.0 Å². The Hall–Kier alpha value is -2.54. The van der Waals surface area contributed by atoms with Crippen molar-refractivity contribution in [2.45, 2.75) is 40.0 Å². The molecule has 0 saturated carbocycles. The van der Waals surface area contributed by atoms with Gasteiger partial charge < -0.3 is 9.80 Å². The fraction of sp³-hybridized carbons (Fsp3) is 0.480. The molecular weight excluding hydrogens is 423 g/mol. The number of halogens is 1. The van der Waals surface area contributed by atoms with Crippen molar-refractivity contribution in [1.82, 2.24) is 14.9 Å². The molecule has 5 rings (SSSR count). The lowest BCUT2D eigenvalue weighted by Crippen LogP contribution is -2.49. The van der Waals surface area contributed by atoms with Crippen molar-refractivity contribution in [2.75, 3.05) is 31.1 Å². The molecule has 3 heterocycles. The maximum atomic E-state index is 13.2. The van der Waals surface area contributed by atoms with Crippen LogP contribution >= 0.6 is 11.3 Å². The van der Waals surface area contributed by atoms with Crippen LogP contribution in [0.15, 0.2) is 30.6 Å². The predicted octanol–water partition coefficient (Wildman–Crippen LogP) is 4.94. The van der Waals surface area contributed by atoms with Gasteiger partial charge in [0.1, 0.15) is 22.8 Å². The molecule has 32 heavy (non-hydrogen) atoms. The minimum atomic E-state index is -0.327. The zero-order valence-corrected chi connectivity index (χ0v) is 19.7. The van der Waals surface area contributed by atoms with Crippen molar-refractivity contribution < 1.29 is 9.18 Å². The molecule has 1 amide bonds. The average molecular weight is 453 g/mol. The van der Waals surface area contributed by atoms with Crippen LogP contribution in [0.25, 0.3) is 10.2 Å². The summed E-state index contributed by atoms with van der Waals surface area (Å²) >= 11 is 1.83. The van der Waals surface area contributed by atoms with Crippen LogP contribution in [-0.2, 0) is 12.8 Å². The van der Waals surface area contributed by atoms with E-state index in [4.69, 9.17) is 4.98 Å². The number of carbonyl (C=O) groups excluding carboxylic acids is 1. The number of hydrogen-bond acceptors (Lipinski definition) is 5. The zero-order chi connectivity index (χ0) is 22.5. The second-order valence-corrected chi connectivity index (χ2v) is 11.1. The van der Waals surface area contributed by atoms with E-state index >= 15 is 0 Å². The summed E-state index contributed by atoms with van der Waals surface area (Å²) in [5.41, 5.74) is 2.28. The quantitative estimate of drug-likeness (QED) is 0.552. The number of fused-ring (bicyclic) bond motifs is 3. The van der Waals surface area contributed by atoms with E-state index in [1.54, 1.807) is 18.5 Å². The number of piperazine rings is 1. The molecule has 168 valence electrons. The lowest BCUT2D eigenvalue weighted by Gasteiger charge is -2.36. The van der Waals surface area contributed by atoms with Gasteiger partial charge in [-0.05, 0) is 60.4 Å². The summed E-state index contributed by atoms with van der Waals surface area (Å²) < 4.78 is 13.2. The van der Waals surface area contributed by atoms with Crippen LogP contribution in [0.4, 0.5) is 10.2 Å². The number of aromatic nitrogens is 2. The summed E-state index contributed by atoms with van der Waals surface area (Å²) in [5, 5.41) is 1.22. The van der Waals surface area contributed by atoms with Crippen LogP contribution < -0.4 is 4.90 Å². The first-order valence-corrected chi connectivity index (χ1v) is 12.2. The molecule has 1 aromatic carbocycles. The first-order valence-electron chi connectivity index (χ1n) is 11.4. The molecule has 7 heteroatoms. The van der Waals surface area contributed by atoms with E-state index in [2.05, 4.69) is 30.7 Å². The number of benzene rings is 1. The Balaban J connectivity index is 1.36. The Morgan fingerprint density at radius 2 is 1.81 bits per heavy atom. The van der Waals surface area contributed by atoms with Gasteiger partial charge in [-0.2, -0.15) is 0 Å². The van der Waals surface area contributed by atoms with Gasteiger partial charge in [-0.15, -0.1) is 11.3 Å². The van der Waals surface area contributed by atoms with E-state index in [9.17, 15) is 9.18 Å². The van der Waals surface area contributed by atoms with E-state index in [1.807, 2.05) is 16.2 Å². The molecule has 0 spiro atoms. The molecule has 1 saturated heterocycles. The van der Waals surface area contributed by atoms with Crippen LogP contribution in [0.2, 0.25) is 0 Å². The highest BCUT2D eigenvalue weighted by Crippen LogP contribution is 2.44. The van der Waals surface area contributed by atoms with Crippen LogP contribution in [0, 0.1) is 17.2 Å². The molecule has 0 radical (unpaired) electrons. The second-order valence-electron chi connectivity index (χ2n) is 9.97. The molecule has 3 aromatic rings. The highest BCUT2D eigenvalue weighted by molar-refractivity contribution is 7.19. The molecule has 0 bridgehead atoms. The van der Waals surface area contributed by atoms with Gasteiger partial charge in [-0.25, -0.2) is 14.4 Å². The first kappa shape index (κ1) is 21.3. The lowest BCUT2D eigenvalue weighted by molar-refractivity contribution is 0.0746. The number of carbonyl (C=O) groups is 1. The van der Waals surface area contributed by atoms with Gasteiger partial charge in [-0.1, -0.05) is 20.8 Å². The summed E-state index contributed by atoms with van der Waals surface area (Å²) in [5.74, 6) is 1.33. The van der Waals surface area contributed by atoms with Crippen molar-refractivity contribution in [1.29, 1.82) is 0 Å². The van der Waals surface area contributed by atoms with Crippen molar-refractivity contribution in [2.24, 2.45) is 11.3 Å². The Morgan fingerprint density at radius 3 is 2.50 bits per heavy atom. The summed E-state index contributed by atoms with van der Waals surface area (Å²) in [6.07, 6.45) is 5.09. The monoisotopic (exact) mass is 452 g/mol. The fourth-order valence-electron chi connectivity index (χ4n) is 4.97. The minimum absolute atomic E-state index is 0.0429. The third kappa shape index (κ3) is 3.87. The molecule has 1 fully saturated rings. The van der Waals surface area contributed by atoms with E-state index in [0.717, 1.165) is 36.6 Å². The number of amides is 1. The van der Waals surface area contributed by atoms with Crippen LogP contribution in [0.5, 0.6) is 0 Å². The van der Waals surface area contributed by atoms with Gasteiger partial charge in [-0.3, -0.25) is 4.79 Å². The molecule has 2 aromatic heterocycles. The maximum absolute atomic E-state index is 13.2. The van der Waals surface area contributed by atoms with E-state index < -0.39 is 0 Å². The number of thiophene rings is 1. The van der Waals surface area contributed by atoms with Crippen molar-refractivity contribution in [3.63, 3.8) is 0 Å². The van der Waals surface area contributed by atoms with Gasteiger partial charge >= 0.3 is 0 Å². The number of nitrogens with zero attached hydrogens (tertiary/aromatic N) is 4. The first-order chi connectivity index (χ1) is 15.3. The van der Waals surface area contributed by atoms with Crippen molar-refractivity contribution in [3.05, 3.63) is 52.4 Å². The van der Waals surface area contributed by atoms with Crippen LogP contribution in [-0.4, -0.2) is 47.0 Å². The number of rotatable bonds is 2. The largest absolute Gasteiger partial charge is 0.352 e. The van der Waals surface area contributed by atoms with Gasteiger partial charge in [0.15, 0.2) is 0 Å². The Kier molecular flexibility index (Phi) is 5.40. The van der Waals surface area contributed by atoms with Gasteiger partial charge in [0.05, 0.1) is 5.39 Å². The number of hydrogen-bond donors (Lipinski definition) is 0. The Morgan fingerprint density at radius 1 is 1.09 bits per heavy atom. The summed E-state index contributed by atoms with van der Waals surface area (Å²) in [6.45, 7) is 9.73. The Bertz CT molecular complexity index is 1140. The molecule has 0 N–H and O–H groups in total. The van der Waals surface area contributed by atoms with Gasteiger partial charge in [0.25, 0.3) is 5.91 Å². The number of aryl methyl sites for hydroxylation is 1. The van der Waals surface area contributed by atoms with Gasteiger partial charge in [0.2, 0.25) is 0 Å². The molecule has 2 aliphatic rings. The average Bonchev–Trinajstić information content (AvgIpc) is 3.17. The van der Waals surface area contributed by atoms with Crippen molar-refractivity contribution in [3.8, 4) is 0 Å². The second kappa shape index (κ2) is 8.10. The van der Waals surface area contributed by atoms with Crippen LogP contribution in [0.3, 0.4) is 0 Å². The smallest absolute Gasteiger partial charge is 0.253 e. The highest BCUT2D eigenvalue weighted by Gasteiger charge is 2.33. The third-order valence-electron chi connectivity index (χ3n) is 7.01. The molecule has 1 unspecified atom stereocenters. The van der Waals surface area contributed by atoms with E-state index in [0.29, 0.717) is 30.0 Å². The van der Waals surface area contributed by atoms with Gasteiger partial charge in [0, 0.05) is 36.6 Å². The standard InChI is InChI=1S/C25H29FN4OS/c1-25(2,3)17-6-9-19-20(14-17)32-23-21(19)22(27-15-28-23)29-10-12-30(13-11-29)24(31)16-4-7-18(26)8-5-16/h4-5,7-8,15,17H,6,9-14H2,1-3H3. The molecular formula is C25H29FN4OS.